The minimum absolute atomic E-state index is 0.749. The highest BCUT2D eigenvalue weighted by molar-refractivity contribution is 5.37. The first-order valence-corrected chi connectivity index (χ1v) is 6.72. The second kappa shape index (κ2) is 6.06. The molecule has 0 saturated heterocycles. The zero-order chi connectivity index (χ0) is 12.1. The molecule has 0 amide bonds. The summed E-state index contributed by atoms with van der Waals surface area (Å²) in [5.74, 6) is 1.01. The van der Waals surface area contributed by atoms with Crippen LogP contribution in [0.2, 0.25) is 0 Å². The lowest BCUT2D eigenvalue weighted by Gasteiger charge is -2.11. The van der Waals surface area contributed by atoms with Gasteiger partial charge in [0.25, 0.3) is 0 Å². The Kier molecular flexibility index (Phi) is 4.43. The lowest BCUT2D eigenvalue weighted by Crippen LogP contribution is -2.16. The molecule has 1 N–H and O–H groups in total. The number of methoxy groups -OCH3 is 1. The monoisotopic (exact) mass is 233 g/mol. The molecule has 1 aliphatic rings. The average molecular weight is 233 g/mol. The third kappa shape index (κ3) is 3.74. The lowest BCUT2D eigenvalue weighted by molar-refractivity contribution is 0.407. The Labute approximate surface area is 104 Å². The van der Waals surface area contributed by atoms with Gasteiger partial charge in [-0.15, -0.1) is 0 Å². The Hall–Kier alpha value is -1.02. The quantitative estimate of drug-likeness (QED) is 0.780. The van der Waals surface area contributed by atoms with E-state index in [-0.39, 0.29) is 0 Å². The molecule has 0 spiro atoms. The van der Waals surface area contributed by atoms with E-state index in [1.807, 2.05) is 0 Å². The minimum atomic E-state index is 0.749. The normalized spacial score (nSPS) is 14.9. The summed E-state index contributed by atoms with van der Waals surface area (Å²) in [6.07, 6.45) is 6.36. The first-order chi connectivity index (χ1) is 8.33. The SMILES string of the molecule is CCCCc1ccc(OC)c(CNC2CC2)c1. The van der Waals surface area contributed by atoms with Crippen LogP contribution in [0.1, 0.15) is 43.7 Å². The summed E-state index contributed by atoms with van der Waals surface area (Å²) in [7, 11) is 1.75. The van der Waals surface area contributed by atoms with Crippen molar-refractivity contribution in [3.63, 3.8) is 0 Å². The first-order valence-electron chi connectivity index (χ1n) is 6.72. The van der Waals surface area contributed by atoms with E-state index >= 15 is 0 Å². The number of hydrogen-bond acceptors (Lipinski definition) is 2. The van der Waals surface area contributed by atoms with Crippen LogP contribution in [0.4, 0.5) is 0 Å². The van der Waals surface area contributed by atoms with Gasteiger partial charge < -0.3 is 10.1 Å². The van der Waals surface area contributed by atoms with Gasteiger partial charge in [-0.3, -0.25) is 0 Å². The Bertz CT molecular complexity index is 358. The van der Waals surface area contributed by atoms with Crippen molar-refractivity contribution in [3.05, 3.63) is 29.3 Å². The Balaban J connectivity index is 2.01. The van der Waals surface area contributed by atoms with Crippen molar-refractivity contribution in [3.8, 4) is 5.75 Å². The smallest absolute Gasteiger partial charge is 0.123 e. The van der Waals surface area contributed by atoms with Gasteiger partial charge in [0, 0.05) is 18.2 Å². The lowest BCUT2D eigenvalue weighted by atomic mass is 10.0. The van der Waals surface area contributed by atoms with Crippen molar-refractivity contribution >= 4 is 0 Å². The summed E-state index contributed by atoms with van der Waals surface area (Å²) in [5.41, 5.74) is 2.73. The minimum Gasteiger partial charge on any atom is -0.496 e. The number of unbranched alkanes of at least 4 members (excludes halogenated alkanes) is 1. The van der Waals surface area contributed by atoms with Crippen LogP contribution in [0, 0.1) is 0 Å². The topological polar surface area (TPSA) is 21.3 Å². The van der Waals surface area contributed by atoms with Crippen LogP contribution in [0.15, 0.2) is 18.2 Å². The molecule has 0 aliphatic heterocycles. The summed E-state index contributed by atoms with van der Waals surface area (Å²) in [6.45, 7) is 3.17. The van der Waals surface area contributed by atoms with Gasteiger partial charge in [0.05, 0.1) is 7.11 Å². The van der Waals surface area contributed by atoms with Gasteiger partial charge >= 0.3 is 0 Å². The van der Waals surface area contributed by atoms with E-state index in [0.717, 1.165) is 18.3 Å². The predicted molar refractivity (Wildman–Crippen MR) is 71.5 cm³/mol. The van der Waals surface area contributed by atoms with E-state index in [0.29, 0.717) is 0 Å². The molecule has 1 fully saturated rings. The van der Waals surface area contributed by atoms with E-state index in [1.165, 1.54) is 43.2 Å². The van der Waals surface area contributed by atoms with Crippen LogP contribution in [0.5, 0.6) is 5.75 Å². The summed E-state index contributed by atoms with van der Waals surface area (Å²) in [5, 5.41) is 3.55. The first kappa shape index (κ1) is 12.4. The van der Waals surface area contributed by atoms with Crippen molar-refractivity contribution in [2.75, 3.05) is 7.11 Å². The average Bonchev–Trinajstić information content (AvgIpc) is 3.18. The number of hydrogen-bond donors (Lipinski definition) is 1. The standard InChI is InChI=1S/C15H23NO/c1-3-4-5-12-6-9-15(17-2)13(10-12)11-16-14-7-8-14/h6,9-10,14,16H,3-5,7-8,11H2,1-2H3. The van der Waals surface area contributed by atoms with Crippen molar-refractivity contribution < 1.29 is 4.74 Å². The molecule has 0 bridgehead atoms. The molecule has 1 saturated carbocycles. The maximum Gasteiger partial charge on any atom is 0.123 e. The zero-order valence-electron chi connectivity index (χ0n) is 11.0. The molecule has 1 aromatic carbocycles. The summed E-state index contributed by atoms with van der Waals surface area (Å²) >= 11 is 0. The molecule has 17 heavy (non-hydrogen) atoms. The van der Waals surface area contributed by atoms with Crippen LogP contribution in [0.25, 0.3) is 0 Å². The third-order valence-corrected chi connectivity index (χ3v) is 3.32. The number of rotatable bonds is 7. The van der Waals surface area contributed by atoms with E-state index < -0.39 is 0 Å². The van der Waals surface area contributed by atoms with Gasteiger partial charge in [-0.1, -0.05) is 25.5 Å². The molecule has 94 valence electrons. The highest BCUT2D eigenvalue weighted by Gasteiger charge is 2.20. The van der Waals surface area contributed by atoms with E-state index in [4.69, 9.17) is 4.74 Å². The molecule has 2 nitrogen and oxygen atoms in total. The number of nitrogens with one attached hydrogen (secondary N) is 1. The largest absolute Gasteiger partial charge is 0.496 e. The van der Waals surface area contributed by atoms with Gasteiger partial charge in [0.15, 0.2) is 0 Å². The fourth-order valence-electron chi connectivity index (χ4n) is 2.05. The molecular weight excluding hydrogens is 210 g/mol. The van der Waals surface area contributed by atoms with Crippen LogP contribution in [-0.2, 0) is 13.0 Å². The van der Waals surface area contributed by atoms with E-state index in [1.54, 1.807) is 7.11 Å². The molecule has 1 aromatic rings. The maximum absolute atomic E-state index is 5.42. The maximum atomic E-state index is 5.42. The third-order valence-electron chi connectivity index (χ3n) is 3.32. The zero-order valence-corrected chi connectivity index (χ0v) is 11.0. The van der Waals surface area contributed by atoms with Crippen molar-refractivity contribution in [2.24, 2.45) is 0 Å². The van der Waals surface area contributed by atoms with Crippen LogP contribution in [0.3, 0.4) is 0 Å². The highest BCUT2D eigenvalue weighted by atomic mass is 16.5. The van der Waals surface area contributed by atoms with Gasteiger partial charge in [-0.2, -0.15) is 0 Å². The molecular formula is C15H23NO. The molecule has 1 aliphatic carbocycles. The molecule has 0 aromatic heterocycles. The number of benzene rings is 1. The summed E-state index contributed by atoms with van der Waals surface area (Å²) in [4.78, 5) is 0. The van der Waals surface area contributed by atoms with Gasteiger partial charge in [0.1, 0.15) is 5.75 Å². The molecule has 2 rings (SSSR count). The van der Waals surface area contributed by atoms with Crippen molar-refractivity contribution in [2.45, 2.75) is 51.6 Å². The molecule has 0 heterocycles. The number of ether oxygens (including phenoxy) is 1. The molecule has 0 unspecified atom stereocenters. The van der Waals surface area contributed by atoms with E-state index in [2.05, 4.69) is 30.4 Å². The Morgan fingerprint density at radius 1 is 1.35 bits per heavy atom. The second-order valence-corrected chi connectivity index (χ2v) is 4.90. The highest BCUT2D eigenvalue weighted by Crippen LogP contribution is 2.24. The Morgan fingerprint density at radius 3 is 2.82 bits per heavy atom. The fraction of sp³-hybridized carbons (Fsp3) is 0.600. The summed E-state index contributed by atoms with van der Waals surface area (Å²) < 4.78 is 5.42. The predicted octanol–water partition coefficient (Wildman–Crippen LogP) is 3.29. The van der Waals surface area contributed by atoms with E-state index in [9.17, 15) is 0 Å². The van der Waals surface area contributed by atoms with Crippen LogP contribution >= 0.6 is 0 Å². The second-order valence-electron chi connectivity index (χ2n) is 4.90. The summed E-state index contributed by atoms with van der Waals surface area (Å²) in [6, 6.07) is 7.34. The molecule has 0 atom stereocenters. The molecule has 0 radical (unpaired) electrons. The van der Waals surface area contributed by atoms with Crippen molar-refractivity contribution in [1.29, 1.82) is 0 Å². The van der Waals surface area contributed by atoms with Gasteiger partial charge in [-0.25, -0.2) is 0 Å². The van der Waals surface area contributed by atoms with Crippen molar-refractivity contribution in [1.82, 2.24) is 5.32 Å². The fourth-order valence-corrected chi connectivity index (χ4v) is 2.05. The molecule has 2 heteroatoms. The Morgan fingerprint density at radius 2 is 2.18 bits per heavy atom. The van der Waals surface area contributed by atoms with Gasteiger partial charge in [0.2, 0.25) is 0 Å². The number of aryl methyl sites for hydroxylation is 1. The van der Waals surface area contributed by atoms with Crippen LogP contribution in [-0.4, -0.2) is 13.2 Å². The van der Waals surface area contributed by atoms with Gasteiger partial charge in [-0.05, 0) is 37.3 Å². The van der Waals surface area contributed by atoms with Crippen LogP contribution < -0.4 is 10.1 Å².